The number of nitrogens with zero attached hydrogens (tertiary/aromatic N) is 1. The second-order valence-electron chi connectivity index (χ2n) is 5.57. The van der Waals surface area contributed by atoms with E-state index in [1.54, 1.807) is 0 Å². The number of aliphatic hydroxyl groups excluding tert-OH is 1. The maximum Gasteiger partial charge on any atom is 0.0549 e. The molecule has 0 saturated heterocycles. The molecule has 0 aliphatic heterocycles. The van der Waals surface area contributed by atoms with Gasteiger partial charge in [0.1, 0.15) is 0 Å². The zero-order valence-electron chi connectivity index (χ0n) is 12.8. The van der Waals surface area contributed by atoms with Crippen molar-refractivity contribution in [1.82, 2.24) is 5.06 Å². The smallest absolute Gasteiger partial charge is 0.0549 e. The second-order valence-corrected chi connectivity index (χ2v) is 5.57. The number of unbranched alkanes of at least 4 members (excludes halogenated alkanes) is 4. The van der Waals surface area contributed by atoms with Crippen LogP contribution >= 0.6 is 0 Å². The molecule has 0 saturated carbocycles. The first-order valence-corrected chi connectivity index (χ1v) is 7.77. The van der Waals surface area contributed by atoms with Crippen LogP contribution in [0.4, 0.5) is 0 Å². The van der Waals surface area contributed by atoms with Crippen molar-refractivity contribution in [2.45, 2.75) is 58.8 Å². The van der Waals surface area contributed by atoms with Crippen LogP contribution in [0.5, 0.6) is 0 Å². The van der Waals surface area contributed by atoms with E-state index in [0.29, 0.717) is 13.2 Å². The van der Waals surface area contributed by atoms with Gasteiger partial charge in [0, 0.05) is 19.8 Å². The normalized spacial score (nSPS) is 11.7. The Hall–Kier alpha value is -0.160. The molecular formula is C15H32NO3-. The van der Waals surface area contributed by atoms with Gasteiger partial charge in [-0.3, -0.25) is 0 Å². The first-order chi connectivity index (χ1) is 9.16. The number of rotatable bonds is 14. The SMILES string of the molecule is CC(C)CCCCCCCOCCCN([O-])CCO. The monoisotopic (exact) mass is 274 g/mol. The highest BCUT2D eigenvalue weighted by molar-refractivity contribution is 4.55. The minimum absolute atomic E-state index is 0.0683. The summed E-state index contributed by atoms with van der Waals surface area (Å²) in [5.41, 5.74) is 0. The molecule has 1 N–H and O–H groups in total. The minimum atomic E-state index is -0.0683. The maximum atomic E-state index is 11.0. The molecule has 0 atom stereocenters. The molecule has 4 nitrogen and oxygen atoms in total. The standard InChI is InChI=1S/C15H32NO3/c1-15(2)9-6-4-3-5-7-13-19-14-8-10-16(18)11-12-17/h15,17H,3-14H2,1-2H3/q-1. The Morgan fingerprint density at radius 3 is 2.26 bits per heavy atom. The number of hydrogen-bond donors (Lipinski definition) is 1. The van der Waals surface area contributed by atoms with Crippen LogP contribution in [-0.4, -0.2) is 43.1 Å². The van der Waals surface area contributed by atoms with E-state index in [4.69, 9.17) is 9.84 Å². The van der Waals surface area contributed by atoms with Crippen molar-refractivity contribution in [2.75, 3.05) is 32.9 Å². The molecule has 0 rings (SSSR count). The third-order valence-electron chi connectivity index (χ3n) is 3.12. The fourth-order valence-corrected chi connectivity index (χ4v) is 1.96. The van der Waals surface area contributed by atoms with Gasteiger partial charge in [-0.2, -0.15) is 0 Å². The minimum Gasteiger partial charge on any atom is -0.785 e. The topological polar surface area (TPSA) is 55.8 Å². The quantitative estimate of drug-likeness (QED) is 0.390. The molecule has 0 spiro atoms. The molecule has 0 aliphatic rings. The summed E-state index contributed by atoms with van der Waals surface area (Å²) in [7, 11) is 0. The van der Waals surface area contributed by atoms with Crippen LogP contribution in [0, 0.1) is 11.1 Å². The Kier molecular flexibility index (Phi) is 14.1. The summed E-state index contributed by atoms with van der Waals surface area (Å²) in [6, 6.07) is 0. The van der Waals surface area contributed by atoms with E-state index in [1.165, 1.54) is 32.1 Å². The fourth-order valence-electron chi connectivity index (χ4n) is 1.96. The van der Waals surface area contributed by atoms with Crippen LogP contribution in [-0.2, 0) is 4.74 Å². The van der Waals surface area contributed by atoms with E-state index in [1.807, 2.05) is 0 Å². The first kappa shape index (κ1) is 18.8. The highest BCUT2D eigenvalue weighted by Gasteiger charge is 1.95. The van der Waals surface area contributed by atoms with Crippen LogP contribution in [0.15, 0.2) is 0 Å². The third-order valence-corrected chi connectivity index (χ3v) is 3.12. The highest BCUT2D eigenvalue weighted by atomic mass is 16.5. The molecule has 0 unspecified atom stereocenters. The molecule has 0 aromatic carbocycles. The molecular weight excluding hydrogens is 242 g/mol. The number of ether oxygens (including phenoxy) is 1. The van der Waals surface area contributed by atoms with E-state index >= 15 is 0 Å². The van der Waals surface area contributed by atoms with E-state index < -0.39 is 0 Å². The zero-order chi connectivity index (χ0) is 14.3. The second kappa shape index (κ2) is 14.3. The molecule has 19 heavy (non-hydrogen) atoms. The highest BCUT2D eigenvalue weighted by Crippen LogP contribution is 2.10. The lowest BCUT2D eigenvalue weighted by atomic mass is 10.0. The molecule has 0 aromatic heterocycles. The van der Waals surface area contributed by atoms with Gasteiger partial charge in [-0.05, 0) is 25.3 Å². The summed E-state index contributed by atoms with van der Waals surface area (Å²) in [5, 5.41) is 20.5. The maximum absolute atomic E-state index is 11.0. The summed E-state index contributed by atoms with van der Waals surface area (Å²) in [5.74, 6) is 0.828. The summed E-state index contributed by atoms with van der Waals surface area (Å²) >= 11 is 0. The molecule has 0 radical (unpaired) electrons. The van der Waals surface area contributed by atoms with Crippen LogP contribution in [0.2, 0.25) is 0 Å². The van der Waals surface area contributed by atoms with Crippen LogP contribution in [0.1, 0.15) is 58.8 Å². The van der Waals surface area contributed by atoms with Crippen molar-refractivity contribution in [3.63, 3.8) is 0 Å². The van der Waals surface area contributed by atoms with Crippen molar-refractivity contribution < 1.29 is 9.84 Å². The Bertz CT molecular complexity index is 177. The molecule has 0 heterocycles. The Labute approximate surface area is 118 Å². The Morgan fingerprint density at radius 1 is 0.947 bits per heavy atom. The molecule has 0 aliphatic carbocycles. The molecule has 0 aromatic rings. The largest absolute Gasteiger partial charge is 0.785 e. The summed E-state index contributed by atoms with van der Waals surface area (Å²) in [4.78, 5) is 0. The van der Waals surface area contributed by atoms with Gasteiger partial charge in [-0.25, -0.2) is 0 Å². The van der Waals surface area contributed by atoms with E-state index in [9.17, 15) is 5.21 Å². The van der Waals surface area contributed by atoms with Gasteiger partial charge in [0.05, 0.1) is 6.61 Å². The number of aliphatic hydroxyl groups is 1. The van der Waals surface area contributed by atoms with E-state index in [2.05, 4.69) is 13.8 Å². The Balaban J connectivity index is 3.03. The van der Waals surface area contributed by atoms with E-state index in [-0.39, 0.29) is 13.2 Å². The first-order valence-electron chi connectivity index (χ1n) is 7.77. The predicted molar refractivity (Wildman–Crippen MR) is 80.0 cm³/mol. The van der Waals surface area contributed by atoms with Crippen molar-refractivity contribution in [3.05, 3.63) is 5.21 Å². The van der Waals surface area contributed by atoms with Gasteiger partial charge in [-0.15, -0.1) is 0 Å². The van der Waals surface area contributed by atoms with Gasteiger partial charge in [-0.1, -0.05) is 46.0 Å². The van der Waals surface area contributed by atoms with Crippen molar-refractivity contribution in [2.24, 2.45) is 5.92 Å². The predicted octanol–water partition coefficient (Wildman–Crippen LogP) is 3.18. The summed E-state index contributed by atoms with van der Waals surface area (Å²) in [6.07, 6.45) is 8.46. The van der Waals surface area contributed by atoms with Crippen LogP contribution in [0.3, 0.4) is 0 Å². The van der Waals surface area contributed by atoms with Gasteiger partial charge >= 0.3 is 0 Å². The average molecular weight is 274 g/mol. The van der Waals surface area contributed by atoms with Crippen molar-refractivity contribution in [3.8, 4) is 0 Å². The van der Waals surface area contributed by atoms with Gasteiger partial charge in [0.15, 0.2) is 0 Å². The van der Waals surface area contributed by atoms with Gasteiger partial charge in [0.2, 0.25) is 0 Å². The third kappa shape index (κ3) is 15.8. The van der Waals surface area contributed by atoms with Crippen molar-refractivity contribution >= 4 is 0 Å². The molecule has 0 fully saturated rings. The molecule has 0 amide bonds. The summed E-state index contributed by atoms with van der Waals surface area (Å²) < 4.78 is 5.48. The van der Waals surface area contributed by atoms with Gasteiger partial charge in [0.25, 0.3) is 0 Å². The number of hydroxylamine groups is 2. The van der Waals surface area contributed by atoms with E-state index in [0.717, 1.165) is 30.4 Å². The Morgan fingerprint density at radius 2 is 1.58 bits per heavy atom. The summed E-state index contributed by atoms with van der Waals surface area (Å²) in [6.45, 7) is 6.60. The lowest BCUT2D eigenvalue weighted by Crippen LogP contribution is -2.22. The van der Waals surface area contributed by atoms with Crippen LogP contribution in [0.25, 0.3) is 0 Å². The fraction of sp³-hybridized carbons (Fsp3) is 1.00. The van der Waals surface area contributed by atoms with Gasteiger partial charge < -0.3 is 20.1 Å². The zero-order valence-corrected chi connectivity index (χ0v) is 12.8. The molecule has 116 valence electrons. The van der Waals surface area contributed by atoms with Crippen molar-refractivity contribution in [1.29, 1.82) is 0 Å². The number of hydrogen-bond acceptors (Lipinski definition) is 4. The lowest BCUT2D eigenvalue weighted by molar-refractivity contribution is 0.119. The average Bonchev–Trinajstić information content (AvgIpc) is 2.36. The molecule has 0 bridgehead atoms. The molecule has 4 heteroatoms. The lowest BCUT2D eigenvalue weighted by Gasteiger charge is -2.26. The van der Waals surface area contributed by atoms with Crippen LogP contribution < -0.4 is 0 Å².